The summed E-state index contributed by atoms with van der Waals surface area (Å²) in [5.41, 5.74) is 1.66. The normalized spacial score (nSPS) is 11.2. The molecular weight excluding hydrogens is 316 g/mol. The number of nitrogens with one attached hydrogen (secondary N) is 2. The first-order valence-electron chi connectivity index (χ1n) is 8.12. The average Bonchev–Trinajstić information content (AvgIpc) is 2.65. The maximum Gasteiger partial charge on any atom is 0.319 e. The van der Waals surface area contributed by atoms with Crippen molar-refractivity contribution in [1.82, 2.24) is 5.32 Å². The number of aliphatic hydroxyl groups is 1. The predicted molar refractivity (Wildman–Crippen MR) is 98.4 cm³/mol. The van der Waals surface area contributed by atoms with E-state index in [1.54, 1.807) is 24.3 Å². The van der Waals surface area contributed by atoms with Crippen LogP contribution in [0.2, 0.25) is 0 Å². The van der Waals surface area contributed by atoms with Crippen molar-refractivity contribution >= 4 is 11.7 Å². The van der Waals surface area contributed by atoms with Gasteiger partial charge < -0.3 is 20.5 Å². The fourth-order valence-corrected chi connectivity index (χ4v) is 2.39. The fraction of sp³-hybridized carbons (Fsp3) is 0.250. The van der Waals surface area contributed by atoms with Crippen molar-refractivity contribution in [3.8, 4) is 18.1 Å². The average molecular weight is 338 g/mol. The molecular formula is C20H22N2O3. The molecule has 0 heterocycles. The molecule has 3 N–H and O–H groups in total. The lowest BCUT2D eigenvalue weighted by Crippen LogP contribution is -2.32. The van der Waals surface area contributed by atoms with Crippen molar-refractivity contribution in [1.29, 1.82) is 0 Å². The molecule has 0 spiro atoms. The van der Waals surface area contributed by atoms with Crippen molar-refractivity contribution in [3.05, 3.63) is 60.2 Å². The Morgan fingerprint density at radius 1 is 1.16 bits per heavy atom. The molecule has 2 aromatic rings. The summed E-state index contributed by atoms with van der Waals surface area (Å²) in [6.45, 7) is 0.294. The van der Waals surface area contributed by atoms with E-state index in [1.807, 2.05) is 30.3 Å². The number of terminal acetylenes is 1. The highest BCUT2D eigenvalue weighted by atomic mass is 16.5. The standard InChI is InChI=1S/C20H22N2O3/c1-2-15-25-18-12-10-17(11-13-18)21-20(24)22-19(9-6-14-23)16-7-4-3-5-8-16/h1,3-5,7-8,10-13,19,23H,6,9,14-15H2,(H2,21,22,24). The van der Waals surface area contributed by atoms with Crippen molar-refractivity contribution < 1.29 is 14.6 Å². The van der Waals surface area contributed by atoms with Crippen LogP contribution < -0.4 is 15.4 Å². The lowest BCUT2D eigenvalue weighted by molar-refractivity contribution is 0.244. The van der Waals surface area contributed by atoms with Gasteiger partial charge in [0.1, 0.15) is 12.4 Å². The Kier molecular flexibility index (Phi) is 7.36. The SMILES string of the molecule is C#CCOc1ccc(NC(=O)NC(CCCO)c2ccccc2)cc1. The molecule has 0 saturated heterocycles. The molecule has 0 aliphatic rings. The second-order valence-electron chi connectivity index (χ2n) is 5.44. The Hall–Kier alpha value is -2.97. The third-order valence-electron chi connectivity index (χ3n) is 3.59. The number of anilines is 1. The van der Waals surface area contributed by atoms with Gasteiger partial charge in [-0.1, -0.05) is 36.3 Å². The summed E-state index contributed by atoms with van der Waals surface area (Å²) in [5.74, 6) is 3.04. The Balaban J connectivity index is 1.95. The first kappa shape index (κ1) is 18.4. The molecule has 0 aliphatic carbocycles. The second-order valence-corrected chi connectivity index (χ2v) is 5.44. The Labute approximate surface area is 148 Å². The highest BCUT2D eigenvalue weighted by Gasteiger charge is 2.14. The summed E-state index contributed by atoms with van der Waals surface area (Å²) in [6, 6.07) is 16.2. The van der Waals surface area contributed by atoms with Crippen molar-refractivity contribution in [2.75, 3.05) is 18.5 Å². The molecule has 5 nitrogen and oxygen atoms in total. The van der Waals surface area contributed by atoms with Crippen molar-refractivity contribution in [3.63, 3.8) is 0 Å². The van der Waals surface area contributed by atoms with Crippen LogP contribution in [0.15, 0.2) is 54.6 Å². The lowest BCUT2D eigenvalue weighted by Gasteiger charge is -2.19. The van der Waals surface area contributed by atoms with E-state index in [0.29, 0.717) is 24.3 Å². The minimum Gasteiger partial charge on any atom is -0.481 e. The zero-order chi connectivity index (χ0) is 17.9. The van der Waals surface area contributed by atoms with Crippen molar-refractivity contribution in [2.24, 2.45) is 0 Å². The second kappa shape index (κ2) is 10.0. The van der Waals surface area contributed by atoms with Crippen LogP contribution in [0, 0.1) is 12.3 Å². The summed E-state index contributed by atoms with van der Waals surface area (Å²) >= 11 is 0. The molecule has 5 heteroatoms. The number of ether oxygens (including phenoxy) is 1. The summed E-state index contributed by atoms with van der Waals surface area (Å²) in [6.07, 6.45) is 6.42. The molecule has 25 heavy (non-hydrogen) atoms. The van der Waals surface area contributed by atoms with Crippen LogP contribution in [0.5, 0.6) is 5.75 Å². The van der Waals surface area contributed by atoms with Gasteiger partial charge in [-0.05, 0) is 42.7 Å². The predicted octanol–water partition coefficient (Wildman–Crippen LogP) is 3.33. The van der Waals surface area contributed by atoms with Gasteiger partial charge in [0.2, 0.25) is 0 Å². The zero-order valence-corrected chi connectivity index (χ0v) is 13.9. The number of aliphatic hydroxyl groups excluding tert-OH is 1. The quantitative estimate of drug-likeness (QED) is 0.647. The van der Waals surface area contributed by atoms with Crippen LogP contribution in [0.3, 0.4) is 0 Å². The van der Waals surface area contributed by atoms with Gasteiger partial charge in [-0.2, -0.15) is 0 Å². The number of amides is 2. The van der Waals surface area contributed by atoms with Crippen LogP contribution in [0.4, 0.5) is 10.5 Å². The summed E-state index contributed by atoms with van der Waals surface area (Å²) in [7, 11) is 0. The number of benzene rings is 2. The highest BCUT2D eigenvalue weighted by molar-refractivity contribution is 5.89. The van der Waals surface area contributed by atoms with Crippen LogP contribution in [-0.2, 0) is 0 Å². The number of hydrogen-bond donors (Lipinski definition) is 3. The Morgan fingerprint density at radius 2 is 1.88 bits per heavy atom. The first-order valence-corrected chi connectivity index (χ1v) is 8.12. The van der Waals surface area contributed by atoms with E-state index in [1.165, 1.54) is 0 Å². The highest BCUT2D eigenvalue weighted by Crippen LogP contribution is 2.19. The molecule has 0 aromatic heterocycles. The number of hydrogen-bond acceptors (Lipinski definition) is 3. The van der Waals surface area contributed by atoms with Crippen LogP contribution >= 0.6 is 0 Å². The van der Waals surface area contributed by atoms with Gasteiger partial charge in [-0.3, -0.25) is 0 Å². The van der Waals surface area contributed by atoms with E-state index in [-0.39, 0.29) is 25.3 Å². The maximum atomic E-state index is 12.3. The molecule has 2 rings (SSSR count). The summed E-state index contributed by atoms with van der Waals surface area (Å²) in [5, 5.41) is 14.8. The third kappa shape index (κ3) is 6.21. The van der Waals surface area contributed by atoms with Crippen LogP contribution in [0.1, 0.15) is 24.4 Å². The third-order valence-corrected chi connectivity index (χ3v) is 3.59. The van der Waals surface area contributed by atoms with Gasteiger partial charge in [0.05, 0.1) is 6.04 Å². The molecule has 1 atom stereocenters. The van der Waals surface area contributed by atoms with E-state index in [0.717, 1.165) is 5.56 Å². The molecule has 1 unspecified atom stereocenters. The number of carbonyl (C=O) groups excluding carboxylic acids is 1. The number of carbonyl (C=O) groups is 1. The Bertz CT molecular complexity index is 693. The van der Waals surface area contributed by atoms with Gasteiger partial charge in [0.25, 0.3) is 0 Å². The lowest BCUT2D eigenvalue weighted by atomic mass is 10.0. The van der Waals surface area contributed by atoms with Gasteiger partial charge in [-0.15, -0.1) is 6.42 Å². The van der Waals surface area contributed by atoms with Crippen LogP contribution in [-0.4, -0.2) is 24.4 Å². The number of urea groups is 1. The monoisotopic (exact) mass is 338 g/mol. The van der Waals surface area contributed by atoms with Crippen LogP contribution in [0.25, 0.3) is 0 Å². The van der Waals surface area contributed by atoms with Gasteiger partial charge in [-0.25, -0.2) is 4.79 Å². The van der Waals surface area contributed by atoms with Gasteiger partial charge >= 0.3 is 6.03 Å². The molecule has 0 aliphatic heterocycles. The maximum absolute atomic E-state index is 12.3. The molecule has 0 saturated carbocycles. The molecule has 0 bridgehead atoms. The largest absolute Gasteiger partial charge is 0.481 e. The van der Waals surface area contributed by atoms with E-state index < -0.39 is 0 Å². The van der Waals surface area contributed by atoms with E-state index in [4.69, 9.17) is 16.3 Å². The molecule has 2 aromatic carbocycles. The summed E-state index contributed by atoms with van der Waals surface area (Å²) < 4.78 is 5.29. The van der Waals surface area contributed by atoms with E-state index >= 15 is 0 Å². The van der Waals surface area contributed by atoms with E-state index in [9.17, 15) is 4.79 Å². The molecule has 2 amide bonds. The topological polar surface area (TPSA) is 70.6 Å². The summed E-state index contributed by atoms with van der Waals surface area (Å²) in [4.78, 5) is 12.3. The minimum atomic E-state index is -0.302. The minimum absolute atomic E-state index is 0.0890. The van der Waals surface area contributed by atoms with Crippen molar-refractivity contribution in [2.45, 2.75) is 18.9 Å². The zero-order valence-electron chi connectivity index (χ0n) is 13.9. The first-order chi connectivity index (χ1) is 12.2. The molecule has 0 radical (unpaired) electrons. The molecule has 0 fully saturated rings. The molecule has 130 valence electrons. The van der Waals surface area contributed by atoms with E-state index in [2.05, 4.69) is 16.6 Å². The fourth-order valence-electron chi connectivity index (χ4n) is 2.39. The number of rotatable bonds is 8. The Morgan fingerprint density at radius 3 is 2.52 bits per heavy atom. The van der Waals surface area contributed by atoms with Gasteiger partial charge in [0, 0.05) is 12.3 Å². The van der Waals surface area contributed by atoms with Gasteiger partial charge in [0.15, 0.2) is 0 Å². The smallest absolute Gasteiger partial charge is 0.319 e.